The Morgan fingerprint density at radius 2 is 2.00 bits per heavy atom. The van der Waals surface area contributed by atoms with Crippen LogP contribution in [0.3, 0.4) is 0 Å². The molecular weight excluding hydrogens is 200 g/mol. The van der Waals surface area contributed by atoms with E-state index in [1.807, 2.05) is 0 Å². The summed E-state index contributed by atoms with van der Waals surface area (Å²) in [5.41, 5.74) is 0. The van der Waals surface area contributed by atoms with Crippen LogP contribution in [0.4, 0.5) is 0 Å². The molecule has 2 heterocycles. The maximum absolute atomic E-state index is 9.96. The van der Waals surface area contributed by atoms with Crippen LogP contribution in [0.5, 0.6) is 0 Å². The lowest BCUT2D eigenvalue weighted by Crippen LogP contribution is -2.45. The average Bonchev–Trinajstić information content (AvgIpc) is 2.64. The van der Waals surface area contributed by atoms with Crippen molar-refractivity contribution < 1.29 is 5.11 Å². The van der Waals surface area contributed by atoms with E-state index in [9.17, 15) is 5.11 Å². The number of nitrogens with zero attached hydrogens (tertiary/aromatic N) is 2. The molecule has 2 aliphatic heterocycles. The Bertz CT molecular complexity index is 222. The maximum Gasteiger partial charge on any atom is 0.0690 e. The van der Waals surface area contributed by atoms with E-state index in [1.54, 1.807) is 0 Å². The zero-order valence-corrected chi connectivity index (χ0v) is 10.7. The summed E-state index contributed by atoms with van der Waals surface area (Å²) >= 11 is 0. The molecule has 0 aromatic heterocycles. The van der Waals surface area contributed by atoms with E-state index in [2.05, 4.69) is 23.6 Å². The van der Waals surface area contributed by atoms with Gasteiger partial charge in [0.15, 0.2) is 0 Å². The smallest absolute Gasteiger partial charge is 0.0690 e. The van der Waals surface area contributed by atoms with E-state index in [-0.39, 0.29) is 6.10 Å². The summed E-state index contributed by atoms with van der Waals surface area (Å²) in [7, 11) is 0. The molecule has 0 saturated carbocycles. The summed E-state index contributed by atoms with van der Waals surface area (Å²) in [4.78, 5) is 5.15. The van der Waals surface area contributed by atoms with Crippen LogP contribution >= 0.6 is 0 Å². The zero-order valence-electron chi connectivity index (χ0n) is 10.7. The van der Waals surface area contributed by atoms with Gasteiger partial charge in [-0.3, -0.25) is 9.80 Å². The van der Waals surface area contributed by atoms with E-state index >= 15 is 0 Å². The van der Waals surface area contributed by atoms with Gasteiger partial charge in [-0.05, 0) is 52.2 Å². The number of aliphatic hydroxyl groups is 1. The first-order valence-electron chi connectivity index (χ1n) is 6.88. The van der Waals surface area contributed by atoms with Gasteiger partial charge in [0.2, 0.25) is 0 Å². The first-order valence-corrected chi connectivity index (χ1v) is 6.88. The first-order chi connectivity index (χ1) is 7.72. The van der Waals surface area contributed by atoms with E-state index in [0.717, 1.165) is 25.6 Å². The van der Waals surface area contributed by atoms with Crippen LogP contribution in [0.2, 0.25) is 0 Å². The molecule has 3 unspecified atom stereocenters. The molecule has 2 rings (SSSR count). The standard InChI is InChI=1S/C13H26N2O/c1-3-13(16)11(2)15-9-5-8-14-7-4-6-12(14)10-15/h11-13,16H,3-10H2,1-2H3. The second kappa shape index (κ2) is 5.48. The van der Waals surface area contributed by atoms with E-state index in [4.69, 9.17) is 0 Å². The van der Waals surface area contributed by atoms with Crippen molar-refractivity contribution >= 4 is 0 Å². The maximum atomic E-state index is 9.96. The number of aliphatic hydroxyl groups excluding tert-OH is 1. The van der Waals surface area contributed by atoms with Crippen molar-refractivity contribution in [1.82, 2.24) is 9.80 Å². The molecule has 2 saturated heterocycles. The summed E-state index contributed by atoms with van der Waals surface area (Å²) in [6.45, 7) is 9.13. The number of fused-ring (bicyclic) bond motifs is 1. The molecule has 3 nitrogen and oxygen atoms in total. The van der Waals surface area contributed by atoms with Crippen LogP contribution in [-0.2, 0) is 0 Å². The van der Waals surface area contributed by atoms with E-state index < -0.39 is 0 Å². The van der Waals surface area contributed by atoms with Crippen LogP contribution in [0, 0.1) is 0 Å². The number of rotatable bonds is 3. The fourth-order valence-electron chi connectivity index (χ4n) is 3.19. The number of hydrogen-bond acceptors (Lipinski definition) is 3. The highest BCUT2D eigenvalue weighted by Gasteiger charge is 2.31. The quantitative estimate of drug-likeness (QED) is 0.786. The highest BCUT2D eigenvalue weighted by atomic mass is 16.3. The second-order valence-electron chi connectivity index (χ2n) is 5.40. The third-order valence-corrected chi connectivity index (χ3v) is 4.39. The van der Waals surface area contributed by atoms with Crippen molar-refractivity contribution in [2.75, 3.05) is 26.2 Å². The van der Waals surface area contributed by atoms with Gasteiger partial charge >= 0.3 is 0 Å². The molecular formula is C13H26N2O. The minimum Gasteiger partial charge on any atom is -0.392 e. The predicted molar refractivity (Wildman–Crippen MR) is 66.5 cm³/mol. The third-order valence-electron chi connectivity index (χ3n) is 4.39. The second-order valence-corrected chi connectivity index (χ2v) is 5.40. The molecule has 0 aromatic carbocycles. The molecule has 3 heteroatoms. The van der Waals surface area contributed by atoms with E-state index in [1.165, 1.54) is 32.4 Å². The Morgan fingerprint density at radius 3 is 2.75 bits per heavy atom. The van der Waals surface area contributed by atoms with Gasteiger partial charge in [0.1, 0.15) is 0 Å². The van der Waals surface area contributed by atoms with Crippen LogP contribution in [0.1, 0.15) is 39.5 Å². The lowest BCUT2D eigenvalue weighted by atomic mass is 10.1. The molecule has 0 radical (unpaired) electrons. The largest absolute Gasteiger partial charge is 0.392 e. The van der Waals surface area contributed by atoms with Crippen molar-refractivity contribution in [3.8, 4) is 0 Å². The van der Waals surface area contributed by atoms with E-state index in [0.29, 0.717) is 6.04 Å². The summed E-state index contributed by atoms with van der Waals surface area (Å²) < 4.78 is 0. The van der Waals surface area contributed by atoms with Gasteiger partial charge < -0.3 is 5.11 Å². The molecule has 0 bridgehead atoms. The summed E-state index contributed by atoms with van der Waals surface area (Å²) in [6, 6.07) is 1.08. The van der Waals surface area contributed by atoms with Crippen molar-refractivity contribution in [2.45, 2.75) is 57.7 Å². The molecule has 2 fully saturated rings. The van der Waals surface area contributed by atoms with Crippen molar-refractivity contribution in [3.63, 3.8) is 0 Å². The lowest BCUT2D eigenvalue weighted by molar-refractivity contribution is 0.0522. The summed E-state index contributed by atoms with van der Waals surface area (Å²) in [5, 5.41) is 9.96. The van der Waals surface area contributed by atoms with Gasteiger partial charge in [-0.2, -0.15) is 0 Å². The monoisotopic (exact) mass is 226 g/mol. The molecule has 0 aromatic rings. The molecule has 94 valence electrons. The summed E-state index contributed by atoms with van der Waals surface area (Å²) in [5.74, 6) is 0. The molecule has 2 aliphatic rings. The average molecular weight is 226 g/mol. The Kier molecular flexibility index (Phi) is 4.22. The van der Waals surface area contributed by atoms with Gasteiger partial charge in [0, 0.05) is 18.6 Å². The molecule has 3 atom stereocenters. The molecule has 1 N–H and O–H groups in total. The van der Waals surface area contributed by atoms with Crippen LogP contribution in [0.25, 0.3) is 0 Å². The Labute approximate surface area is 99.4 Å². The lowest BCUT2D eigenvalue weighted by Gasteiger charge is -2.33. The van der Waals surface area contributed by atoms with Gasteiger partial charge in [0.05, 0.1) is 6.10 Å². The topological polar surface area (TPSA) is 26.7 Å². The highest BCUT2D eigenvalue weighted by Crippen LogP contribution is 2.23. The SMILES string of the molecule is CCC(O)C(C)N1CCCN2CCCC2C1. The fraction of sp³-hybridized carbons (Fsp3) is 1.00. The van der Waals surface area contributed by atoms with Crippen molar-refractivity contribution in [1.29, 1.82) is 0 Å². The van der Waals surface area contributed by atoms with Crippen molar-refractivity contribution in [3.05, 3.63) is 0 Å². The zero-order chi connectivity index (χ0) is 11.5. The van der Waals surface area contributed by atoms with Gasteiger partial charge in [-0.25, -0.2) is 0 Å². The molecule has 0 spiro atoms. The van der Waals surface area contributed by atoms with Gasteiger partial charge in [-0.15, -0.1) is 0 Å². The summed E-state index contributed by atoms with van der Waals surface area (Å²) in [6.07, 6.45) is 4.69. The van der Waals surface area contributed by atoms with Gasteiger partial charge in [-0.1, -0.05) is 6.92 Å². The minimum atomic E-state index is -0.159. The fourth-order valence-corrected chi connectivity index (χ4v) is 3.19. The van der Waals surface area contributed by atoms with Crippen LogP contribution < -0.4 is 0 Å². The Hall–Kier alpha value is -0.120. The highest BCUT2D eigenvalue weighted by molar-refractivity contribution is 4.87. The van der Waals surface area contributed by atoms with Gasteiger partial charge in [0.25, 0.3) is 0 Å². The molecule has 0 aliphatic carbocycles. The molecule has 16 heavy (non-hydrogen) atoms. The van der Waals surface area contributed by atoms with Crippen molar-refractivity contribution in [2.24, 2.45) is 0 Å². The predicted octanol–water partition coefficient (Wildman–Crippen LogP) is 1.32. The molecule has 0 amide bonds. The minimum absolute atomic E-state index is 0.159. The van der Waals surface area contributed by atoms with Crippen LogP contribution in [-0.4, -0.2) is 59.3 Å². The number of hydrogen-bond donors (Lipinski definition) is 1. The first kappa shape index (κ1) is 12.3. The van der Waals surface area contributed by atoms with Crippen LogP contribution in [0.15, 0.2) is 0 Å². The normalized spacial score (nSPS) is 32.1. The third kappa shape index (κ3) is 2.58. The Balaban J connectivity index is 1.94. The Morgan fingerprint density at radius 1 is 1.25 bits per heavy atom.